The van der Waals surface area contributed by atoms with E-state index in [1.165, 1.54) is 0 Å². The zero-order valence-electron chi connectivity index (χ0n) is 18.5. The molecule has 1 saturated carbocycles. The van der Waals surface area contributed by atoms with E-state index in [0.717, 1.165) is 34.9 Å². The second-order valence-electron chi connectivity index (χ2n) is 9.56. The van der Waals surface area contributed by atoms with Crippen LogP contribution < -0.4 is 5.32 Å². The Bertz CT molecular complexity index is 973. The zero-order valence-corrected chi connectivity index (χ0v) is 19.3. The molecule has 6 heteroatoms. The fourth-order valence-corrected chi connectivity index (χ4v) is 4.37. The molecule has 0 radical (unpaired) electrons. The molecule has 3 rings (SSSR count). The third kappa shape index (κ3) is 4.94. The number of carbonyl (C=O) groups excluding carboxylic acids is 2. The number of esters is 1. The van der Waals surface area contributed by atoms with Crippen molar-refractivity contribution in [2.24, 2.45) is 5.41 Å². The van der Waals surface area contributed by atoms with E-state index in [2.05, 4.69) is 10.3 Å². The van der Waals surface area contributed by atoms with Crippen LogP contribution in [0.1, 0.15) is 69.6 Å². The van der Waals surface area contributed by atoms with Gasteiger partial charge in [-0.25, -0.2) is 4.98 Å². The number of nitrogens with zero attached hydrogens (tertiary/aromatic N) is 1. The van der Waals surface area contributed by atoms with E-state index in [1.54, 1.807) is 0 Å². The van der Waals surface area contributed by atoms with Crippen LogP contribution in [-0.2, 0) is 20.9 Å². The number of fused-ring (bicyclic) bond motifs is 1. The fraction of sp³-hybridized carbons (Fsp3) is 0.542. The van der Waals surface area contributed by atoms with Gasteiger partial charge in [-0.3, -0.25) is 9.59 Å². The average molecular weight is 431 g/mol. The first kappa shape index (κ1) is 22.5. The molecule has 0 aliphatic heterocycles. The van der Waals surface area contributed by atoms with Gasteiger partial charge >= 0.3 is 5.97 Å². The van der Waals surface area contributed by atoms with Crippen LogP contribution in [-0.4, -0.2) is 22.4 Å². The summed E-state index contributed by atoms with van der Waals surface area (Å²) in [5.41, 5.74) is 2.70. The second-order valence-corrected chi connectivity index (χ2v) is 9.91. The van der Waals surface area contributed by atoms with Gasteiger partial charge in [0, 0.05) is 22.9 Å². The minimum absolute atomic E-state index is 0.0518. The summed E-state index contributed by atoms with van der Waals surface area (Å²) in [6.45, 7) is 9.91. The van der Waals surface area contributed by atoms with Crippen molar-refractivity contribution in [1.29, 1.82) is 0 Å². The second kappa shape index (κ2) is 8.54. The van der Waals surface area contributed by atoms with Gasteiger partial charge in [0.15, 0.2) is 0 Å². The van der Waals surface area contributed by atoms with Crippen molar-refractivity contribution in [1.82, 2.24) is 10.3 Å². The van der Waals surface area contributed by atoms with E-state index in [-0.39, 0.29) is 30.4 Å². The average Bonchev–Trinajstić information content (AvgIpc) is 3.11. The molecule has 0 unspecified atom stereocenters. The number of aryl methyl sites for hydroxylation is 2. The summed E-state index contributed by atoms with van der Waals surface area (Å²) in [6, 6.07) is 5.98. The van der Waals surface area contributed by atoms with Gasteiger partial charge in [0.1, 0.15) is 11.8 Å². The molecule has 0 spiro atoms. The smallest absolute Gasteiger partial charge is 0.312 e. The monoisotopic (exact) mass is 430 g/mol. The third-order valence-electron chi connectivity index (χ3n) is 5.90. The largest absolute Gasteiger partial charge is 0.460 e. The molecule has 1 amide bonds. The number of rotatable bonds is 5. The molecule has 1 aromatic heterocycles. The van der Waals surface area contributed by atoms with Crippen molar-refractivity contribution in [2.45, 2.75) is 78.9 Å². The molecule has 1 aliphatic carbocycles. The van der Waals surface area contributed by atoms with Crippen LogP contribution in [0.25, 0.3) is 10.9 Å². The Labute approximate surface area is 183 Å². The van der Waals surface area contributed by atoms with Gasteiger partial charge in [0.05, 0.1) is 10.9 Å². The molecule has 2 aromatic rings. The lowest BCUT2D eigenvalue weighted by atomic mass is 9.82. The van der Waals surface area contributed by atoms with Gasteiger partial charge in [0.2, 0.25) is 5.91 Å². The number of amides is 1. The predicted molar refractivity (Wildman–Crippen MR) is 119 cm³/mol. The third-order valence-corrected chi connectivity index (χ3v) is 6.23. The Morgan fingerprint density at radius 3 is 2.50 bits per heavy atom. The molecule has 0 saturated heterocycles. The molecular weight excluding hydrogens is 400 g/mol. The van der Waals surface area contributed by atoms with Gasteiger partial charge in [0.25, 0.3) is 0 Å². The first-order valence-electron chi connectivity index (χ1n) is 10.5. The summed E-state index contributed by atoms with van der Waals surface area (Å²) in [5, 5.41) is 4.27. The topological polar surface area (TPSA) is 68.3 Å². The number of benzene rings is 1. The zero-order chi connectivity index (χ0) is 22.1. The van der Waals surface area contributed by atoms with Gasteiger partial charge < -0.3 is 10.1 Å². The predicted octanol–water partition coefficient (Wildman–Crippen LogP) is 5.41. The van der Waals surface area contributed by atoms with E-state index < -0.39 is 5.41 Å². The number of hydrogen-bond donors (Lipinski definition) is 1. The van der Waals surface area contributed by atoms with Crippen LogP contribution in [0.2, 0.25) is 5.15 Å². The lowest BCUT2D eigenvalue weighted by Crippen LogP contribution is -2.44. The fourth-order valence-electron chi connectivity index (χ4n) is 4.18. The molecule has 0 bridgehead atoms. The summed E-state index contributed by atoms with van der Waals surface area (Å²) in [4.78, 5) is 30.1. The highest BCUT2D eigenvalue weighted by atomic mass is 35.5. The summed E-state index contributed by atoms with van der Waals surface area (Å²) in [6.07, 6.45) is 3.35. The maximum atomic E-state index is 13.0. The van der Waals surface area contributed by atoms with Gasteiger partial charge in [-0.05, 0) is 64.7 Å². The Morgan fingerprint density at radius 2 is 1.87 bits per heavy atom. The molecule has 30 heavy (non-hydrogen) atoms. The van der Waals surface area contributed by atoms with E-state index >= 15 is 0 Å². The number of ether oxygens (including phenoxy) is 1. The molecule has 1 heterocycles. The highest BCUT2D eigenvalue weighted by Gasteiger charge is 2.44. The Hall–Kier alpha value is -2.14. The Kier molecular flexibility index (Phi) is 6.42. The maximum Gasteiger partial charge on any atom is 0.312 e. The van der Waals surface area contributed by atoms with Gasteiger partial charge in [-0.15, -0.1) is 0 Å². The molecule has 0 atom stereocenters. The molecule has 1 aliphatic rings. The molecule has 162 valence electrons. The van der Waals surface area contributed by atoms with Gasteiger partial charge in [-0.2, -0.15) is 0 Å². The summed E-state index contributed by atoms with van der Waals surface area (Å²) < 4.78 is 5.69. The summed E-state index contributed by atoms with van der Waals surface area (Å²) in [7, 11) is 0. The quantitative estimate of drug-likeness (QED) is 0.508. The van der Waals surface area contributed by atoms with Crippen molar-refractivity contribution < 1.29 is 14.3 Å². The van der Waals surface area contributed by atoms with E-state index in [0.29, 0.717) is 23.6 Å². The number of carbonyl (C=O) groups is 2. The molecular formula is C24H31ClN2O3. The van der Waals surface area contributed by atoms with Gasteiger partial charge in [-0.1, -0.05) is 36.6 Å². The SMILES string of the molecule is Cc1ccc2cc(COC(=O)C3(CC(=O)NC(C)(C)C)CCCC3)c(Cl)nc2c1C. The first-order chi connectivity index (χ1) is 14.0. The van der Waals surface area contributed by atoms with Crippen LogP contribution >= 0.6 is 11.6 Å². The molecule has 5 nitrogen and oxygen atoms in total. The van der Waals surface area contributed by atoms with Crippen LogP contribution in [0.3, 0.4) is 0 Å². The Morgan fingerprint density at radius 1 is 1.20 bits per heavy atom. The van der Waals surface area contributed by atoms with Crippen molar-refractivity contribution in [3.8, 4) is 0 Å². The summed E-state index contributed by atoms with van der Waals surface area (Å²) in [5.74, 6) is -0.432. The van der Waals surface area contributed by atoms with Crippen LogP contribution in [0, 0.1) is 19.3 Å². The lowest BCUT2D eigenvalue weighted by molar-refractivity contribution is -0.159. The van der Waals surface area contributed by atoms with Crippen LogP contribution in [0.15, 0.2) is 18.2 Å². The van der Waals surface area contributed by atoms with Crippen molar-refractivity contribution >= 4 is 34.4 Å². The minimum atomic E-state index is -0.750. The van der Waals surface area contributed by atoms with Crippen molar-refractivity contribution in [3.05, 3.63) is 40.0 Å². The minimum Gasteiger partial charge on any atom is -0.460 e. The van der Waals surface area contributed by atoms with Crippen molar-refractivity contribution in [2.75, 3.05) is 0 Å². The first-order valence-corrected chi connectivity index (χ1v) is 10.9. The van der Waals surface area contributed by atoms with Crippen LogP contribution in [0.4, 0.5) is 0 Å². The van der Waals surface area contributed by atoms with Crippen LogP contribution in [0.5, 0.6) is 0 Å². The number of hydrogen-bond acceptors (Lipinski definition) is 4. The molecule has 1 N–H and O–H groups in total. The van der Waals surface area contributed by atoms with E-state index in [1.807, 2.05) is 52.8 Å². The molecule has 1 fully saturated rings. The van der Waals surface area contributed by atoms with E-state index in [9.17, 15) is 9.59 Å². The van der Waals surface area contributed by atoms with Crippen molar-refractivity contribution in [3.63, 3.8) is 0 Å². The number of nitrogens with one attached hydrogen (secondary N) is 1. The highest BCUT2D eigenvalue weighted by molar-refractivity contribution is 6.30. The highest BCUT2D eigenvalue weighted by Crippen LogP contribution is 2.42. The number of pyridine rings is 1. The molecule has 1 aromatic carbocycles. The summed E-state index contributed by atoms with van der Waals surface area (Å²) >= 11 is 6.40. The number of halogens is 1. The maximum absolute atomic E-state index is 13.0. The standard InChI is InChI=1S/C24H31ClN2O3/c1-15-8-9-17-12-18(21(25)26-20(17)16(15)2)14-30-22(29)24(10-6-7-11-24)13-19(28)27-23(3,4)5/h8-9,12H,6-7,10-11,13-14H2,1-5H3,(H,27,28). The lowest BCUT2D eigenvalue weighted by Gasteiger charge is -2.28. The number of aromatic nitrogens is 1. The Balaban J connectivity index is 1.75. The van der Waals surface area contributed by atoms with E-state index in [4.69, 9.17) is 16.3 Å². The normalized spacial score (nSPS) is 15.9.